The van der Waals surface area contributed by atoms with E-state index < -0.39 is 36.6 Å². The van der Waals surface area contributed by atoms with Gasteiger partial charge in [-0.3, -0.25) is 9.59 Å². The first-order chi connectivity index (χ1) is 7.41. The number of nitrogens with zero attached hydrogens (tertiary/aromatic N) is 1. The number of carbonyl (C=O) groups is 3. The summed E-state index contributed by atoms with van der Waals surface area (Å²) in [5.74, 6) is -2.72. The second-order valence-electron chi connectivity index (χ2n) is 3.62. The smallest absolute Gasteiger partial charge is 0.332 e. The molecule has 2 N–H and O–H groups in total. The number of amides is 1. The maximum absolute atomic E-state index is 11.6. The monoisotopic (exact) mass is 231 g/mol. The summed E-state index contributed by atoms with van der Waals surface area (Å²) in [6.45, 7) is -0.420. The van der Waals surface area contributed by atoms with Crippen LogP contribution in [-0.4, -0.2) is 58.8 Å². The summed E-state index contributed by atoms with van der Waals surface area (Å²) >= 11 is 0. The molecule has 1 heterocycles. The van der Waals surface area contributed by atoms with Gasteiger partial charge in [-0.2, -0.15) is 0 Å². The Bertz CT molecular complexity index is 315. The number of carboxylic acids is 2. The Morgan fingerprint density at radius 2 is 1.81 bits per heavy atom. The number of carbonyl (C=O) groups excluding carboxylic acids is 1. The molecule has 1 aliphatic rings. The fourth-order valence-electron chi connectivity index (χ4n) is 1.53. The molecule has 1 rings (SSSR count). The number of carboxylic acid groups (broad SMARTS) is 2. The minimum absolute atomic E-state index is 0.270. The van der Waals surface area contributed by atoms with Gasteiger partial charge in [0.2, 0.25) is 0 Å². The molecule has 0 radical (unpaired) electrons. The van der Waals surface area contributed by atoms with Crippen molar-refractivity contribution >= 4 is 17.8 Å². The fraction of sp³-hybridized carbons (Fsp3) is 0.667. The zero-order valence-corrected chi connectivity index (χ0v) is 8.75. The molecule has 1 amide bonds. The van der Waals surface area contributed by atoms with E-state index >= 15 is 0 Å². The molecule has 1 aliphatic heterocycles. The van der Waals surface area contributed by atoms with E-state index in [2.05, 4.69) is 0 Å². The Balaban J connectivity index is 2.50. The van der Waals surface area contributed by atoms with Gasteiger partial charge < -0.3 is 19.8 Å². The van der Waals surface area contributed by atoms with Crippen LogP contribution < -0.4 is 0 Å². The Morgan fingerprint density at radius 3 is 2.25 bits per heavy atom. The van der Waals surface area contributed by atoms with Gasteiger partial charge in [0.15, 0.2) is 6.10 Å². The first kappa shape index (κ1) is 12.4. The molecule has 2 atom stereocenters. The van der Waals surface area contributed by atoms with Gasteiger partial charge in [-0.05, 0) is 12.8 Å². The standard InChI is InChI=1S/C9H13NO6/c1-10(4-7(11)12)8(13)5-2-3-6(16-5)9(14)15/h5-6H,2-4H2,1H3,(H,11,12)(H,14,15)/t5-,6+/m0/s1. The molecule has 0 bridgehead atoms. The van der Waals surface area contributed by atoms with Crippen molar-refractivity contribution in [2.75, 3.05) is 13.6 Å². The first-order valence-corrected chi connectivity index (χ1v) is 4.77. The van der Waals surface area contributed by atoms with E-state index in [0.717, 1.165) is 4.90 Å². The minimum Gasteiger partial charge on any atom is -0.480 e. The van der Waals surface area contributed by atoms with E-state index in [-0.39, 0.29) is 6.42 Å². The summed E-state index contributed by atoms with van der Waals surface area (Å²) in [5, 5.41) is 17.1. The highest BCUT2D eigenvalue weighted by atomic mass is 16.5. The molecule has 7 heteroatoms. The van der Waals surface area contributed by atoms with Crippen molar-refractivity contribution in [3.05, 3.63) is 0 Å². The van der Waals surface area contributed by atoms with Crippen molar-refractivity contribution in [3.63, 3.8) is 0 Å². The van der Waals surface area contributed by atoms with Crippen LogP contribution in [0.15, 0.2) is 0 Å². The maximum Gasteiger partial charge on any atom is 0.332 e. The van der Waals surface area contributed by atoms with Crippen LogP contribution in [0, 0.1) is 0 Å². The van der Waals surface area contributed by atoms with Crippen molar-refractivity contribution < 1.29 is 29.3 Å². The Hall–Kier alpha value is -1.63. The van der Waals surface area contributed by atoms with E-state index in [1.807, 2.05) is 0 Å². The molecule has 7 nitrogen and oxygen atoms in total. The van der Waals surface area contributed by atoms with Crippen LogP contribution in [0.2, 0.25) is 0 Å². The largest absolute Gasteiger partial charge is 0.480 e. The second-order valence-corrected chi connectivity index (χ2v) is 3.62. The van der Waals surface area contributed by atoms with Crippen LogP contribution in [0.5, 0.6) is 0 Å². The molecule has 0 aliphatic carbocycles. The molecular weight excluding hydrogens is 218 g/mol. The molecule has 90 valence electrons. The van der Waals surface area contributed by atoms with Gasteiger partial charge in [0.1, 0.15) is 12.6 Å². The van der Waals surface area contributed by atoms with Crippen LogP contribution in [0.3, 0.4) is 0 Å². The van der Waals surface area contributed by atoms with E-state index in [4.69, 9.17) is 14.9 Å². The van der Waals surface area contributed by atoms with Gasteiger partial charge in [0.05, 0.1) is 0 Å². The molecule has 1 fully saturated rings. The predicted molar refractivity (Wildman–Crippen MR) is 50.8 cm³/mol. The third-order valence-electron chi connectivity index (χ3n) is 2.32. The lowest BCUT2D eigenvalue weighted by Crippen LogP contribution is -2.39. The van der Waals surface area contributed by atoms with Gasteiger partial charge in [0.25, 0.3) is 5.91 Å². The Labute approximate surface area is 91.6 Å². The Morgan fingerprint density at radius 1 is 1.25 bits per heavy atom. The molecule has 0 aromatic carbocycles. The van der Waals surface area contributed by atoms with Crippen molar-refractivity contribution in [1.29, 1.82) is 0 Å². The third kappa shape index (κ3) is 2.93. The van der Waals surface area contributed by atoms with Crippen molar-refractivity contribution in [1.82, 2.24) is 4.90 Å². The van der Waals surface area contributed by atoms with Crippen molar-refractivity contribution in [2.45, 2.75) is 25.0 Å². The van der Waals surface area contributed by atoms with Crippen LogP contribution in [0.25, 0.3) is 0 Å². The third-order valence-corrected chi connectivity index (χ3v) is 2.32. The quantitative estimate of drug-likeness (QED) is 0.653. The number of hydrogen-bond acceptors (Lipinski definition) is 4. The van der Waals surface area contributed by atoms with Crippen LogP contribution >= 0.6 is 0 Å². The number of rotatable bonds is 4. The number of ether oxygens (including phenoxy) is 1. The van der Waals surface area contributed by atoms with E-state index in [9.17, 15) is 14.4 Å². The van der Waals surface area contributed by atoms with Gasteiger partial charge >= 0.3 is 11.9 Å². The molecule has 0 aromatic heterocycles. The predicted octanol–water partition coefficient (Wildman–Crippen LogP) is -0.838. The Kier molecular flexibility index (Phi) is 3.83. The zero-order chi connectivity index (χ0) is 12.3. The van der Waals surface area contributed by atoms with E-state index in [1.54, 1.807) is 0 Å². The van der Waals surface area contributed by atoms with Crippen molar-refractivity contribution in [3.8, 4) is 0 Å². The summed E-state index contributed by atoms with van der Waals surface area (Å²) in [4.78, 5) is 33.6. The fourth-order valence-corrected chi connectivity index (χ4v) is 1.53. The van der Waals surface area contributed by atoms with Gasteiger partial charge in [-0.15, -0.1) is 0 Å². The first-order valence-electron chi connectivity index (χ1n) is 4.77. The molecule has 16 heavy (non-hydrogen) atoms. The summed E-state index contributed by atoms with van der Waals surface area (Å²) in [5.41, 5.74) is 0. The van der Waals surface area contributed by atoms with Crippen LogP contribution in [0.1, 0.15) is 12.8 Å². The highest BCUT2D eigenvalue weighted by Gasteiger charge is 2.36. The minimum atomic E-state index is -1.12. The highest BCUT2D eigenvalue weighted by Crippen LogP contribution is 2.21. The molecule has 1 saturated heterocycles. The van der Waals surface area contributed by atoms with Crippen molar-refractivity contribution in [2.24, 2.45) is 0 Å². The van der Waals surface area contributed by atoms with Gasteiger partial charge in [0, 0.05) is 7.05 Å². The van der Waals surface area contributed by atoms with Gasteiger partial charge in [-0.1, -0.05) is 0 Å². The summed E-state index contributed by atoms with van der Waals surface area (Å²) in [7, 11) is 1.34. The lowest BCUT2D eigenvalue weighted by molar-refractivity contribution is -0.156. The zero-order valence-electron chi connectivity index (χ0n) is 8.75. The topological polar surface area (TPSA) is 104 Å². The van der Waals surface area contributed by atoms with Crippen LogP contribution in [-0.2, 0) is 19.1 Å². The molecule has 0 spiro atoms. The normalized spacial score (nSPS) is 24.1. The van der Waals surface area contributed by atoms with E-state index in [0.29, 0.717) is 6.42 Å². The molecule has 0 saturated carbocycles. The van der Waals surface area contributed by atoms with E-state index in [1.165, 1.54) is 7.05 Å². The van der Waals surface area contributed by atoms with Gasteiger partial charge in [-0.25, -0.2) is 4.79 Å². The highest BCUT2D eigenvalue weighted by molar-refractivity contribution is 5.85. The molecule has 0 aromatic rings. The second kappa shape index (κ2) is 4.93. The van der Waals surface area contributed by atoms with Crippen LogP contribution in [0.4, 0.5) is 0 Å². The molecular formula is C9H13NO6. The number of hydrogen-bond donors (Lipinski definition) is 2. The summed E-state index contributed by atoms with van der Waals surface area (Å²) < 4.78 is 5.00. The number of likely N-dealkylation sites (N-methyl/N-ethyl adjacent to an activating group) is 1. The average Bonchev–Trinajstić information content (AvgIpc) is 2.64. The number of aliphatic carboxylic acids is 2. The average molecular weight is 231 g/mol. The lowest BCUT2D eigenvalue weighted by Gasteiger charge is -2.18. The summed E-state index contributed by atoms with van der Waals surface area (Å²) in [6.07, 6.45) is -1.23. The lowest BCUT2D eigenvalue weighted by atomic mass is 10.2. The summed E-state index contributed by atoms with van der Waals surface area (Å²) in [6, 6.07) is 0. The maximum atomic E-state index is 11.6. The SMILES string of the molecule is CN(CC(=O)O)C(=O)[C@@H]1CC[C@H](C(=O)O)O1. The molecule has 0 unspecified atom stereocenters.